The second-order valence-electron chi connectivity index (χ2n) is 10.6. The van der Waals surface area contributed by atoms with Crippen molar-refractivity contribution in [1.29, 1.82) is 0 Å². The fourth-order valence-corrected chi connectivity index (χ4v) is 6.99. The molecule has 2 aliphatic rings. The Kier molecular flexibility index (Phi) is 5.44. The first-order chi connectivity index (χ1) is 18.5. The molecule has 0 bridgehead atoms. The van der Waals surface area contributed by atoms with E-state index in [0.29, 0.717) is 21.7 Å². The van der Waals surface area contributed by atoms with E-state index in [4.69, 9.17) is 27.9 Å². The summed E-state index contributed by atoms with van der Waals surface area (Å²) in [6.07, 6.45) is 1.04. The summed E-state index contributed by atoms with van der Waals surface area (Å²) in [6, 6.07) is 36.5. The molecule has 0 heterocycles. The summed E-state index contributed by atoms with van der Waals surface area (Å²) >= 11 is 12.9. The van der Waals surface area contributed by atoms with Crippen LogP contribution in [0, 0.1) is 5.92 Å². The minimum Gasteiger partial charge on any atom is -0.455 e. The molecule has 38 heavy (non-hydrogen) atoms. The highest BCUT2D eigenvalue weighted by atomic mass is 35.5. The molecule has 5 aromatic rings. The van der Waals surface area contributed by atoms with Gasteiger partial charge in [-0.25, -0.2) is 0 Å². The Labute approximate surface area is 233 Å². The number of hydrogen-bond donors (Lipinski definition) is 0. The van der Waals surface area contributed by atoms with Crippen LogP contribution in [-0.2, 0) is 11.8 Å². The van der Waals surface area contributed by atoms with E-state index >= 15 is 0 Å². The van der Waals surface area contributed by atoms with Crippen molar-refractivity contribution in [2.24, 2.45) is 5.92 Å². The summed E-state index contributed by atoms with van der Waals surface area (Å²) in [5, 5.41) is 0.896. The molecule has 1 nitrogen and oxygen atoms in total. The van der Waals surface area contributed by atoms with Gasteiger partial charge in [0.1, 0.15) is 16.5 Å². The maximum atomic E-state index is 6.55. The van der Waals surface area contributed by atoms with Gasteiger partial charge in [0.05, 0.1) is 10.4 Å². The van der Waals surface area contributed by atoms with Crippen LogP contribution in [0.4, 0.5) is 0 Å². The third kappa shape index (κ3) is 3.19. The van der Waals surface area contributed by atoms with Crippen molar-refractivity contribution in [2.75, 3.05) is 0 Å². The van der Waals surface area contributed by atoms with Crippen LogP contribution in [0.5, 0.6) is 11.5 Å². The topological polar surface area (TPSA) is 9.23 Å². The maximum Gasteiger partial charge on any atom is 0.147 e. The van der Waals surface area contributed by atoms with E-state index in [2.05, 4.69) is 92.7 Å². The Morgan fingerprint density at radius 2 is 1.16 bits per heavy atom. The van der Waals surface area contributed by atoms with Crippen molar-refractivity contribution >= 4 is 23.2 Å². The first-order valence-corrected chi connectivity index (χ1v) is 13.8. The molecule has 0 radical (unpaired) electrons. The highest BCUT2D eigenvalue weighted by molar-refractivity contribution is 6.42. The van der Waals surface area contributed by atoms with Crippen molar-refractivity contribution < 1.29 is 4.74 Å². The Morgan fingerprint density at radius 1 is 0.605 bits per heavy atom. The molecular weight excluding hydrogens is 507 g/mol. The monoisotopic (exact) mass is 532 g/mol. The van der Waals surface area contributed by atoms with Crippen LogP contribution >= 0.6 is 23.2 Å². The number of halogens is 2. The van der Waals surface area contributed by atoms with Crippen molar-refractivity contribution in [3.8, 4) is 33.8 Å². The molecule has 186 valence electrons. The molecule has 2 aliphatic carbocycles. The van der Waals surface area contributed by atoms with Crippen LogP contribution in [0.3, 0.4) is 0 Å². The number of benzene rings is 5. The van der Waals surface area contributed by atoms with Gasteiger partial charge in [0, 0.05) is 5.56 Å². The van der Waals surface area contributed by atoms with Crippen LogP contribution < -0.4 is 4.74 Å². The average Bonchev–Trinajstić information content (AvgIpc) is 3.40. The van der Waals surface area contributed by atoms with E-state index < -0.39 is 5.41 Å². The smallest absolute Gasteiger partial charge is 0.147 e. The molecule has 0 N–H and O–H groups in total. The van der Waals surface area contributed by atoms with Crippen molar-refractivity contribution in [1.82, 2.24) is 0 Å². The Morgan fingerprint density at radius 3 is 1.87 bits per heavy atom. The van der Waals surface area contributed by atoms with E-state index in [1.54, 1.807) is 6.07 Å². The minimum absolute atomic E-state index is 0.414. The third-order valence-corrected chi connectivity index (χ3v) is 8.75. The summed E-state index contributed by atoms with van der Waals surface area (Å²) < 4.78 is 6.53. The van der Waals surface area contributed by atoms with Gasteiger partial charge in [-0.15, -0.1) is 0 Å². The zero-order valence-corrected chi connectivity index (χ0v) is 22.8. The Bertz CT molecular complexity index is 1730. The summed E-state index contributed by atoms with van der Waals surface area (Å²) in [5.74, 6) is 1.90. The van der Waals surface area contributed by atoms with E-state index in [1.807, 2.05) is 18.2 Å². The van der Waals surface area contributed by atoms with Gasteiger partial charge >= 0.3 is 0 Å². The predicted octanol–water partition coefficient (Wildman–Crippen LogP) is 10.3. The Hall–Kier alpha value is -3.52. The van der Waals surface area contributed by atoms with E-state index in [1.165, 1.54) is 44.5 Å². The van der Waals surface area contributed by atoms with Crippen LogP contribution in [0.2, 0.25) is 10.0 Å². The molecule has 0 aromatic heterocycles. The lowest BCUT2D eigenvalue weighted by molar-refractivity contribution is 0.484. The van der Waals surface area contributed by atoms with Crippen LogP contribution in [0.15, 0.2) is 103 Å². The highest BCUT2D eigenvalue weighted by Gasteiger charge is 2.52. The second-order valence-corrected chi connectivity index (χ2v) is 11.4. The number of ether oxygens (including phenoxy) is 1. The van der Waals surface area contributed by atoms with Gasteiger partial charge < -0.3 is 4.74 Å². The van der Waals surface area contributed by atoms with Gasteiger partial charge in [0.15, 0.2) is 0 Å². The molecule has 0 fully saturated rings. The lowest BCUT2D eigenvalue weighted by Gasteiger charge is -2.30. The quantitative estimate of drug-likeness (QED) is 0.219. The first-order valence-electron chi connectivity index (χ1n) is 13.1. The fourth-order valence-electron chi connectivity index (χ4n) is 6.66. The molecule has 7 rings (SSSR count). The third-order valence-electron chi connectivity index (χ3n) is 7.95. The van der Waals surface area contributed by atoms with Gasteiger partial charge in [0.25, 0.3) is 0 Å². The lowest BCUT2D eigenvalue weighted by Crippen LogP contribution is -2.25. The summed E-state index contributed by atoms with van der Waals surface area (Å²) in [4.78, 5) is 0. The van der Waals surface area contributed by atoms with Gasteiger partial charge in [-0.1, -0.05) is 122 Å². The summed E-state index contributed by atoms with van der Waals surface area (Å²) in [6.45, 7) is 4.58. The van der Waals surface area contributed by atoms with Crippen molar-refractivity contribution in [3.05, 3.63) is 141 Å². The fraction of sp³-hybridized carbons (Fsp3) is 0.143. The van der Waals surface area contributed by atoms with E-state index in [-0.39, 0.29) is 0 Å². The second kappa shape index (κ2) is 8.76. The maximum absolute atomic E-state index is 6.55. The van der Waals surface area contributed by atoms with Crippen LogP contribution in [0.25, 0.3) is 22.3 Å². The number of hydrogen-bond acceptors (Lipinski definition) is 1. The number of fused-ring (bicyclic) bond motifs is 10. The summed E-state index contributed by atoms with van der Waals surface area (Å²) in [5.41, 5.74) is 11.2. The predicted molar refractivity (Wildman–Crippen MR) is 158 cm³/mol. The SMILES string of the molecule is CC(C)Cc1cccc2c1-c1ccccc1C21c2ccccc2-c2c(Oc3cccc(Cl)c3Cl)cccc21. The largest absolute Gasteiger partial charge is 0.455 e. The van der Waals surface area contributed by atoms with E-state index in [0.717, 1.165) is 17.7 Å². The first kappa shape index (κ1) is 23.6. The lowest BCUT2D eigenvalue weighted by atomic mass is 9.70. The zero-order chi connectivity index (χ0) is 26.0. The molecule has 1 spiro atoms. The molecule has 5 aromatic carbocycles. The minimum atomic E-state index is -0.414. The molecule has 1 unspecified atom stereocenters. The normalized spacial score (nSPS) is 16.3. The molecule has 1 atom stereocenters. The van der Waals surface area contributed by atoms with Gasteiger partial charge in [-0.3, -0.25) is 0 Å². The van der Waals surface area contributed by atoms with Gasteiger partial charge in [-0.2, -0.15) is 0 Å². The standard InChI is InChI=1S/C35H26Cl2O/c1-21(2)20-22-10-7-15-27-32(22)23-11-3-5-13-25(23)35(27)26-14-6-4-12-24(26)33-28(35)16-8-18-30(33)38-31-19-9-17-29(36)34(31)37/h3-19,21H,20H2,1-2H3. The van der Waals surface area contributed by atoms with Crippen LogP contribution in [0.1, 0.15) is 41.7 Å². The average molecular weight is 533 g/mol. The number of rotatable bonds is 4. The van der Waals surface area contributed by atoms with Crippen molar-refractivity contribution in [2.45, 2.75) is 25.7 Å². The molecular formula is C35H26Cl2O. The molecule has 0 saturated heterocycles. The summed E-state index contributed by atoms with van der Waals surface area (Å²) in [7, 11) is 0. The van der Waals surface area contributed by atoms with E-state index in [9.17, 15) is 0 Å². The van der Waals surface area contributed by atoms with Crippen molar-refractivity contribution in [3.63, 3.8) is 0 Å². The zero-order valence-electron chi connectivity index (χ0n) is 21.3. The van der Waals surface area contributed by atoms with Gasteiger partial charge in [0.2, 0.25) is 0 Å². The molecule has 0 aliphatic heterocycles. The molecule has 0 amide bonds. The highest BCUT2D eigenvalue weighted by Crippen LogP contribution is 2.64. The molecule has 0 saturated carbocycles. The van der Waals surface area contributed by atoms with Crippen LogP contribution in [-0.4, -0.2) is 0 Å². The van der Waals surface area contributed by atoms with Gasteiger partial charge in [-0.05, 0) is 75.0 Å². The molecule has 3 heteroatoms. The Balaban J connectivity index is 1.55.